The van der Waals surface area contributed by atoms with E-state index < -0.39 is 17.0 Å². The van der Waals surface area contributed by atoms with Crippen molar-refractivity contribution in [2.24, 2.45) is 0 Å². The van der Waals surface area contributed by atoms with E-state index in [1.54, 1.807) is 10.4 Å². The van der Waals surface area contributed by atoms with Gasteiger partial charge in [0.1, 0.15) is 28.0 Å². The van der Waals surface area contributed by atoms with E-state index in [0.29, 0.717) is 28.1 Å². The van der Waals surface area contributed by atoms with E-state index in [2.05, 4.69) is 10.3 Å². The summed E-state index contributed by atoms with van der Waals surface area (Å²) >= 11 is 6.18. The fraction of sp³-hybridized carbons (Fsp3) is 0.478. The molecule has 1 saturated heterocycles. The largest absolute Gasteiger partial charge is 0.324 e. The number of benzene rings is 1. The lowest BCUT2D eigenvalue weighted by Crippen LogP contribution is -2.43. The predicted molar refractivity (Wildman–Crippen MR) is 123 cm³/mol. The molecule has 1 aromatic heterocycles. The molecule has 2 aromatic rings. The number of carbonyl (C=O) groups excluding carboxylic acids is 1. The third-order valence-corrected chi connectivity index (χ3v) is 7.48. The van der Waals surface area contributed by atoms with Crippen molar-refractivity contribution in [3.63, 3.8) is 0 Å². The van der Waals surface area contributed by atoms with E-state index in [1.807, 2.05) is 27.7 Å². The number of hydrogen-bond acceptors (Lipinski definition) is 3. The molecule has 0 bridgehead atoms. The Morgan fingerprint density at radius 3 is 2.45 bits per heavy atom. The lowest BCUT2D eigenvalue weighted by atomic mass is 10.1. The van der Waals surface area contributed by atoms with Gasteiger partial charge in [0.2, 0.25) is 5.91 Å². The van der Waals surface area contributed by atoms with Crippen LogP contribution < -0.4 is 5.32 Å². The molecular weight excluding hydrogens is 437 g/mol. The molecule has 2 heterocycles. The van der Waals surface area contributed by atoms with Crippen molar-refractivity contribution in [3.05, 3.63) is 52.6 Å². The molecule has 1 aliphatic carbocycles. The molecule has 0 radical (unpaired) electrons. The summed E-state index contributed by atoms with van der Waals surface area (Å²) in [6, 6.07) is 6.67. The summed E-state index contributed by atoms with van der Waals surface area (Å²) in [6.45, 7) is 7.90. The Bertz CT molecular complexity index is 966. The molecule has 3 unspecified atom stereocenters. The van der Waals surface area contributed by atoms with E-state index in [1.165, 1.54) is 24.3 Å². The van der Waals surface area contributed by atoms with Gasteiger partial charge in [0.25, 0.3) is 0 Å². The van der Waals surface area contributed by atoms with E-state index >= 15 is 0 Å². The van der Waals surface area contributed by atoms with Gasteiger partial charge in [-0.2, -0.15) is 0 Å². The molecule has 1 N–H and O–H groups in total. The van der Waals surface area contributed by atoms with Crippen LogP contribution in [-0.2, 0) is 15.8 Å². The molecule has 1 amide bonds. The minimum Gasteiger partial charge on any atom is -0.324 e. The van der Waals surface area contributed by atoms with Gasteiger partial charge in [-0.05, 0) is 75.4 Å². The second kappa shape index (κ2) is 10.2. The molecule has 1 aliphatic heterocycles. The van der Waals surface area contributed by atoms with Crippen molar-refractivity contribution >= 4 is 34.2 Å². The minimum absolute atomic E-state index is 0.0270. The first-order valence-corrected chi connectivity index (χ1v) is 12.3. The SMILES string of the molecule is CC.Cc1c(NC(=O)C2CCC(C)N2S(=O)c2ccc(F)cc2)cc(Cl)nc1C1CC1. The topological polar surface area (TPSA) is 62.3 Å². The number of aromatic nitrogens is 1. The van der Waals surface area contributed by atoms with E-state index in [0.717, 1.165) is 30.5 Å². The summed E-state index contributed by atoms with van der Waals surface area (Å²) in [7, 11) is -1.55. The van der Waals surface area contributed by atoms with Gasteiger partial charge in [-0.25, -0.2) is 17.9 Å². The molecule has 168 valence electrons. The predicted octanol–water partition coefficient (Wildman–Crippen LogP) is 5.60. The van der Waals surface area contributed by atoms with Crippen LogP contribution in [0.1, 0.15) is 63.6 Å². The molecule has 1 aromatic carbocycles. The number of anilines is 1. The number of nitrogens with zero attached hydrogens (tertiary/aromatic N) is 2. The first-order chi connectivity index (χ1) is 14.8. The van der Waals surface area contributed by atoms with E-state index in [9.17, 15) is 13.4 Å². The van der Waals surface area contributed by atoms with E-state index in [-0.39, 0.29) is 17.8 Å². The van der Waals surface area contributed by atoms with Crippen LogP contribution in [0.5, 0.6) is 0 Å². The van der Waals surface area contributed by atoms with Crippen LogP contribution in [0.2, 0.25) is 5.15 Å². The van der Waals surface area contributed by atoms with E-state index in [4.69, 9.17) is 11.6 Å². The van der Waals surface area contributed by atoms with Gasteiger partial charge in [0.05, 0.1) is 10.6 Å². The molecule has 8 heteroatoms. The van der Waals surface area contributed by atoms with Crippen molar-refractivity contribution in [1.82, 2.24) is 9.29 Å². The summed E-state index contributed by atoms with van der Waals surface area (Å²) in [5.74, 6) is -0.179. The molecule has 3 atom stereocenters. The number of rotatable bonds is 5. The molecule has 5 nitrogen and oxygen atoms in total. The first kappa shape index (κ1) is 23.8. The highest BCUT2D eigenvalue weighted by Crippen LogP contribution is 2.42. The highest BCUT2D eigenvalue weighted by atomic mass is 35.5. The van der Waals surface area contributed by atoms with Gasteiger partial charge in [-0.3, -0.25) is 4.79 Å². The highest BCUT2D eigenvalue weighted by molar-refractivity contribution is 7.82. The number of carbonyl (C=O) groups is 1. The third kappa shape index (κ3) is 5.33. The monoisotopic (exact) mass is 465 g/mol. The summed E-state index contributed by atoms with van der Waals surface area (Å²) in [5.41, 5.74) is 2.53. The van der Waals surface area contributed by atoms with Crippen LogP contribution in [0.15, 0.2) is 35.2 Å². The summed E-state index contributed by atoms with van der Waals surface area (Å²) in [5, 5.41) is 3.34. The number of halogens is 2. The smallest absolute Gasteiger partial charge is 0.242 e. The molecular formula is C23H29ClFN3O2S. The standard InChI is InChI=1S/C21H23ClFN3O2S.C2H6/c1-12-3-10-18(26(12)29(28)16-8-6-15(23)7-9-16)21(27)24-17-11-19(22)25-20(13(17)2)14-4-5-14;1-2/h6-9,11-12,14,18H,3-5,10H2,1-2H3,(H,24,25,27);1-2H3. The molecule has 31 heavy (non-hydrogen) atoms. The van der Waals surface area contributed by atoms with Crippen molar-refractivity contribution < 1.29 is 13.4 Å². The lowest BCUT2D eigenvalue weighted by molar-refractivity contribution is -0.119. The summed E-state index contributed by atoms with van der Waals surface area (Å²) < 4.78 is 28.0. The Morgan fingerprint density at radius 1 is 1.19 bits per heavy atom. The number of amides is 1. The zero-order valence-corrected chi connectivity index (χ0v) is 19.9. The Morgan fingerprint density at radius 2 is 1.84 bits per heavy atom. The van der Waals surface area contributed by atoms with Gasteiger partial charge < -0.3 is 5.32 Å². The normalized spacial score (nSPS) is 21.9. The molecule has 1 saturated carbocycles. The van der Waals surface area contributed by atoms with Crippen LogP contribution in [-0.4, -0.2) is 31.5 Å². The molecule has 2 aliphatic rings. The van der Waals surface area contributed by atoms with Gasteiger partial charge in [0, 0.05) is 17.6 Å². The number of hydrogen-bond donors (Lipinski definition) is 1. The zero-order chi connectivity index (χ0) is 22.7. The van der Waals surface area contributed by atoms with Crippen LogP contribution in [0.3, 0.4) is 0 Å². The highest BCUT2D eigenvalue weighted by Gasteiger charge is 2.40. The quantitative estimate of drug-likeness (QED) is 0.584. The Balaban J connectivity index is 0.00000132. The van der Waals surface area contributed by atoms with Crippen molar-refractivity contribution in [3.8, 4) is 0 Å². The second-order valence-electron chi connectivity index (χ2n) is 7.77. The number of pyridine rings is 1. The third-order valence-electron chi connectivity index (χ3n) is 5.61. The Labute approximate surface area is 191 Å². The average Bonchev–Trinajstić information content (AvgIpc) is 3.53. The molecule has 4 rings (SSSR count). The fourth-order valence-electron chi connectivity index (χ4n) is 3.86. The van der Waals surface area contributed by atoms with Gasteiger partial charge in [0.15, 0.2) is 0 Å². The first-order valence-electron chi connectivity index (χ1n) is 10.8. The Hall–Kier alpha value is -1.83. The maximum atomic E-state index is 13.2. The molecule has 0 spiro atoms. The number of nitrogens with one attached hydrogen (secondary N) is 1. The summed E-state index contributed by atoms with van der Waals surface area (Å²) in [4.78, 5) is 18.0. The second-order valence-corrected chi connectivity index (χ2v) is 9.55. The van der Waals surface area contributed by atoms with Crippen LogP contribution in [0, 0.1) is 12.7 Å². The van der Waals surface area contributed by atoms with Gasteiger partial charge in [-0.1, -0.05) is 25.4 Å². The zero-order valence-electron chi connectivity index (χ0n) is 18.3. The van der Waals surface area contributed by atoms with Gasteiger partial charge >= 0.3 is 0 Å². The Kier molecular flexibility index (Phi) is 7.83. The maximum absolute atomic E-state index is 13.2. The van der Waals surface area contributed by atoms with Crippen LogP contribution in [0.4, 0.5) is 10.1 Å². The fourth-order valence-corrected chi connectivity index (χ4v) is 5.53. The van der Waals surface area contributed by atoms with Crippen molar-refractivity contribution in [1.29, 1.82) is 0 Å². The lowest BCUT2D eigenvalue weighted by Gasteiger charge is -2.26. The van der Waals surface area contributed by atoms with Crippen molar-refractivity contribution in [2.75, 3.05) is 5.32 Å². The average molecular weight is 466 g/mol. The van der Waals surface area contributed by atoms with Crippen LogP contribution in [0.25, 0.3) is 0 Å². The van der Waals surface area contributed by atoms with Gasteiger partial charge in [-0.15, -0.1) is 0 Å². The molecule has 2 fully saturated rings. The summed E-state index contributed by atoms with van der Waals surface area (Å²) in [6.07, 6.45) is 3.54. The van der Waals surface area contributed by atoms with Crippen LogP contribution >= 0.6 is 11.6 Å². The minimum atomic E-state index is -1.55. The van der Waals surface area contributed by atoms with Crippen molar-refractivity contribution in [2.45, 2.75) is 76.3 Å². The maximum Gasteiger partial charge on any atom is 0.242 e.